The Morgan fingerprint density at radius 1 is 1.05 bits per heavy atom. The summed E-state index contributed by atoms with van der Waals surface area (Å²) in [5.41, 5.74) is 1.23. The van der Waals surface area contributed by atoms with Crippen LogP contribution in [0, 0.1) is 0 Å². The molecular formula is C15H13F3N2S. The van der Waals surface area contributed by atoms with E-state index in [-0.39, 0.29) is 5.69 Å². The Labute approximate surface area is 125 Å². The molecule has 110 valence electrons. The lowest BCUT2D eigenvalue weighted by molar-refractivity contribution is -0.137. The van der Waals surface area contributed by atoms with Crippen LogP contribution in [-0.4, -0.2) is 14.1 Å². The molecule has 1 aliphatic heterocycles. The van der Waals surface area contributed by atoms with Crippen molar-refractivity contribution in [2.75, 3.05) is 24.3 Å². The molecule has 0 radical (unpaired) electrons. The standard InChI is InChI=1S/C15H13F3N2S/c1-20(2)9-6-7-11-13(8-9)21-12-5-3-4-10(14(12)19-11)15(16,17)18/h3-8,19H,1-2H3. The Morgan fingerprint density at radius 2 is 1.81 bits per heavy atom. The fourth-order valence-electron chi connectivity index (χ4n) is 2.21. The Balaban J connectivity index is 2.06. The molecule has 0 aliphatic carbocycles. The molecule has 2 nitrogen and oxygen atoms in total. The van der Waals surface area contributed by atoms with Crippen molar-refractivity contribution < 1.29 is 13.2 Å². The summed E-state index contributed by atoms with van der Waals surface area (Å²) in [5, 5.41) is 2.92. The third kappa shape index (κ3) is 2.55. The fraction of sp³-hybridized carbons (Fsp3) is 0.200. The van der Waals surface area contributed by atoms with Crippen LogP contribution < -0.4 is 10.2 Å². The van der Waals surface area contributed by atoms with E-state index in [9.17, 15) is 13.2 Å². The quantitative estimate of drug-likeness (QED) is 0.682. The Morgan fingerprint density at radius 3 is 2.48 bits per heavy atom. The van der Waals surface area contributed by atoms with Crippen molar-refractivity contribution in [1.29, 1.82) is 0 Å². The van der Waals surface area contributed by atoms with Crippen molar-refractivity contribution in [2.45, 2.75) is 16.0 Å². The van der Waals surface area contributed by atoms with Crippen LogP contribution in [0.5, 0.6) is 0 Å². The molecule has 1 N–H and O–H groups in total. The lowest BCUT2D eigenvalue weighted by atomic mass is 10.1. The van der Waals surface area contributed by atoms with Gasteiger partial charge in [-0.25, -0.2) is 0 Å². The van der Waals surface area contributed by atoms with Gasteiger partial charge in [0, 0.05) is 29.6 Å². The minimum atomic E-state index is -4.36. The first kappa shape index (κ1) is 14.1. The second-order valence-corrected chi connectivity index (χ2v) is 6.06. The summed E-state index contributed by atoms with van der Waals surface area (Å²) >= 11 is 1.36. The van der Waals surface area contributed by atoms with Crippen molar-refractivity contribution in [3.63, 3.8) is 0 Å². The van der Waals surface area contributed by atoms with Crippen molar-refractivity contribution in [3.05, 3.63) is 42.0 Å². The molecule has 6 heteroatoms. The monoisotopic (exact) mass is 310 g/mol. The molecule has 0 saturated heterocycles. The highest BCUT2D eigenvalue weighted by Gasteiger charge is 2.35. The van der Waals surface area contributed by atoms with E-state index >= 15 is 0 Å². The molecule has 0 aromatic heterocycles. The Kier molecular flexibility index (Phi) is 3.28. The number of nitrogens with one attached hydrogen (secondary N) is 1. The Hall–Kier alpha value is -1.82. The molecule has 2 aromatic carbocycles. The van der Waals surface area contributed by atoms with E-state index in [2.05, 4.69) is 5.32 Å². The zero-order valence-electron chi connectivity index (χ0n) is 11.5. The van der Waals surface area contributed by atoms with E-state index in [4.69, 9.17) is 0 Å². The van der Waals surface area contributed by atoms with Gasteiger partial charge in [-0.05, 0) is 30.3 Å². The number of alkyl halides is 3. The van der Waals surface area contributed by atoms with Crippen molar-refractivity contribution in [2.24, 2.45) is 0 Å². The molecule has 0 saturated carbocycles. The average Bonchev–Trinajstić information content (AvgIpc) is 2.42. The largest absolute Gasteiger partial charge is 0.418 e. The molecule has 1 aliphatic rings. The summed E-state index contributed by atoms with van der Waals surface area (Å²) in [4.78, 5) is 3.48. The molecule has 0 fully saturated rings. The van der Waals surface area contributed by atoms with E-state index in [0.29, 0.717) is 10.6 Å². The molecular weight excluding hydrogens is 297 g/mol. The number of fused-ring (bicyclic) bond motifs is 2. The van der Waals surface area contributed by atoms with Crippen LogP contribution in [0.3, 0.4) is 0 Å². The third-order valence-corrected chi connectivity index (χ3v) is 4.41. The first-order valence-corrected chi connectivity index (χ1v) is 7.14. The van der Waals surface area contributed by atoms with Gasteiger partial charge in [0.05, 0.1) is 16.9 Å². The van der Waals surface area contributed by atoms with Crippen LogP contribution in [0.15, 0.2) is 46.2 Å². The van der Waals surface area contributed by atoms with Gasteiger partial charge < -0.3 is 10.2 Å². The number of halogens is 3. The van der Waals surface area contributed by atoms with Crippen LogP contribution >= 0.6 is 11.8 Å². The first-order valence-electron chi connectivity index (χ1n) is 6.33. The molecule has 0 bridgehead atoms. The maximum absolute atomic E-state index is 13.1. The summed E-state index contributed by atoms with van der Waals surface area (Å²) in [6, 6.07) is 9.91. The van der Waals surface area contributed by atoms with Crippen LogP contribution in [0.2, 0.25) is 0 Å². The third-order valence-electron chi connectivity index (χ3n) is 3.29. The van der Waals surface area contributed by atoms with Gasteiger partial charge in [-0.15, -0.1) is 0 Å². The van der Waals surface area contributed by atoms with Gasteiger partial charge in [0.25, 0.3) is 0 Å². The zero-order valence-corrected chi connectivity index (χ0v) is 12.3. The highest BCUT2D eigenvalue weighted by Crippen LogP contribution is 2.49. The minimum Gasteiger partial charge on any atom is -0.378 e. The van der Waals surface area contributed by atoms with Gasteiger partial charge >= 0.3 is 6.18 Å². The number of nitrogens with zero attached hydrogens (tertiary/aromatic N) is 1. The molecule has 0 spiro atoms. The molecule has 0 amide bonds. The van der Waals surface area contributed by atoms with Gasteiger partial charge in [0.1, 0.15) is 0 Å². The highest BCUT2D eigenvalue weighted by atomic mass is 32.2. The molecule has 2 aromatic rings. The average molecular weight is 310 g/mol. The smallest absolute Gasteiger partial charge is 0.378 e. The van der Waals surface area contributed by atoms with Crippen LogP contribution in [0.1, 0.15) is 5.56 Å². The van der Waals surface area contributed by atoms with Gasteiger partial charge in [-0.1, -0.05) is 17.8 Å². The second-order valence-electron chi connectivity index (χ2n) is 4.98. The fourth-order valence-corrected chi connectivity index (χ4v) is 3.27. The molecule has 0 unspecified atom stereocenters. The van der Waals surface area contributed by atoms with Crippen molar-refractivity contribution >= 4 is 28.8 Å². The second kappa shape index (κ2) is 4.87. The minimum absolute atomic E-state index is 0.139. The number of hydrogen-bond acceptors (Lipinski definition) is 3. The Bertz CT molecular complexity index is 696. The predicted molar refractivity (Wildman–Crippen MR) is 79.6 cm³/mol. The van der Waals surface area contributed by atoms with Crippen molar-refractivity contribution in [3.8, 4) is 0 Å². The van der Waals surface area contributed by atoms with Crippen LogP contribution in [0.25, 0.3) is 0 Å². The summed E-state index contributed by atoms with van der Waals surface area (Å²) in [7, 11) is 3.86. The van der Waals surface area contributed by atoms with Crippen molar-refractivity contribution in [1.82, 2.24) is 0 Å². The molecule has 3 rings (SSSR count). The topological polar surface area (TPSA) is 15.3 Å². The molecule has 1 heterocycles. The van der Waals surface area contributed by atoms with Gasteiger partial charge in [0.15, 0.2) is 0 Å². The maximum atomic E-state index is 13.1. The van der Waals surface area contributed by atoms with Gasteiger partial charge in [-0.3, -0.25) is 0 Å². The lowest BCUT2D eigenvalue weighted by Crippen LogP contribution is -2.12. The van der Waals surface area contributed by atoms with E-state index < -0.39 is 11.7 Å². The normalized spacial score (nSPS) is 13.2. The lowest BCUT2D eigenvalue weighted by Gasteiger charge is -2.25. The molecule has 21 heavy (non-hydrogen) atoms. The summed E-state index contributed by atoms with van der Waals surface area (Å²) in [6.07, 6.45) is -4.36. The number of hydrogen-bond donors (Lipinski definition) is 1. The van der Waals surface area contributed by atoms with E-state index in [1.807, 2.05) is 37.2 Å². The first-order chi connectivity index (χ1) is 9.86. The highest BCUT2D eigenvalue weighted by molar-refractivity contribution is 7.99. The number of rotatable bonds is 1. The maximum Gasteiger partial charge on any atom is 0.418 e. The molecule has 0 atom stereocenters. The van der Waals surface area contributed by atoms with Gasteiger partial charge in [-0.2, -0.15) is 13.2 Å². The van der Waals surface area contributed by atoms with Crippen LogP contribution in [0.4, 0.5) is 30.2 Å². The zero-order chi connectivity index (χ0) is 15.2. The van der Waals surface area contributed by atoms with E-state index in [1.54, 1.807) is 6.07 Å². The van der Waals surface area contributed by atoms with E-state index in [0.717, 1.165) is 16.6 Å². The number of para-hydroxylation sites is 1. The summed E-state index contributed by atoms with van der Waals surface area (Å²) in [5.74, 6) is 0. The SMILES string of the molecule is CN(C)c1ccc2c(c1)Sc1cccc(C(F)(F)F)c1N2. The summed E-state index contributed by atoms with van der Waals surface area (Å²) < 4.78 is 39.2. The summed E-state index contributed by atoms with van der Waals surface area (Å²) in [6.45, 7) is 0. The van der Waals surface area contributed by atoms with E-state index in [1.165, 1.54) is 17.8 Å². The predicted octanol–water partition coefficient (Wildman–Crippen LogP) is 4.98. The number of benzene rings is 2. The van der Waals surface area contributed by atoms with Crippen LogP contribution in [-0.2, 0) is 6.18 Å². The van der Waals surface area contributed by atoms with Gasteiger partial charge in [0.2, 0.25) is 0 Å². The number of anilines is 3.